The fraction of sp³-hybridized carbons (Fsp3) is 0.481. The number of nitrogens with zero attached hydrogens (tertiary/aromatic N) is 5. The van der Waals surface area contributed by atoms with Gasteiger partial charge in [-0.3, -0.25) is 24.6 Å². The van der Waals surface area contributed by atoms with E-state index < -0.39 is 0 Å². The first-order valence-corrected chi connectivity index (χ1v) is 12.5. The third-order valence-electron chi connectivity index (χ3n) is 7.61. The standard InChI is InChI=1S/C27H31N5O2/c33-27(32-14-12-31(13-15-32)21-5-3-6-21)19-30-11-8-22-23-16-24(20-4-1-2-9-28-10-7-20)29-17-25(23)34-26(22)18-30/h1,7,9-10,16-17,21H,2-3,5-6,8,11-15,18-19H2/b10-7-,28-9-. The predicted molar refractivity (Wildman–Crippen MR) is 133 cm³/mol. The van der Waals surface area contributed by atoms with E-state index in [1.165, 1.54) is 24.8 Å². The molecule has 1 saturated heterocycles. The molecule has 7 nitrogen and oxygen atoms in total. The maximum Gasteiger partial charge on any atom is 0.236 e. The Morgan fingerprint density at radius 1 is 1.18 bits per heavy atom. The Morgan fingerprint density at radius 2 is 2.06 bits per heavy atom. The Labute approximate surface area is 200 Å². The zero-order valence-electron chi connectivity index (χ0n) is 19.6. The zero-order valence-corrected chi connectivity index (χ0v) is 19.6. The van der Waals surface area contributed by atoms with Crippen molar-refractivity contribution in [2.24, 2.45) is 4.99 Å². The van der Waals surface area contributed by atoms with E-state index in [9.17, 15) is 4.79 Å². The fourth-order valence-electron chi connectivity index (χ4n) is 5.39. The molecule has 6 rings (SSSR count). The molecule has 2 aromatic rings. The van der Waals surface area contributed by atoms with Crippen molar-refractivity contribution in [2.75, 3.05) is 39.3 Å². The van der Waals surface area contributed by atoms with E-state index in [4.69, 9.17) is 4.42 Å². The Balaban J connectivity index is 1.12. The second-order valence-corrected chi connectivity index (χ2v) is 9.68. The van der Waals surface area contributed by atoms with Crippen molar-refractivity contribution >= 4 is 28.7 Å². The summed E-state index contributed by atoms with van der Waals surface area (Å²) in [6.07, 6.45) is 15.0. The first kappa shape index (κ1) is 21.5. The van der Waals surface area contributed by atoms with Crippen LogP contribution < -0.4 is 0 Å². The number of aromatic nitrogens is 1. The maximum absolute atomic E-state index is 13.0. The highest BCUT2D eigenvalue weighted by atomic mass is 16.3. The van der Waals surface area contributed by atoms with E-state index in [0.29, 0.717) is 13.1 Å². The molecule has 2 fully saturated rings. The Bertz CT molecular complexity index is 1210. The summed E-state index contributed by atoms with van der Waals surface area (Å²) < 4.78 is 6.18. The molecule has 34 heavy (non-hydrogen) atoms. The molecule has 1 aliphatic carbocycles. The molecule has 7 heteroatoms. The molecule has 2 aromatic heterocycles. The number of furan rings is 1. The van der Waals surface area contributed by atoms with E-state index >= 15 is 0 Å². The van der Waals surface area contributed by atoms with E-state index in [0.717, 1.165) is 79.6 Å². The number of allylic oxidation sites excluding steroid dienone is 2. The van der Waals surface area contributed by atoms with Crippen molar-refractivity contribution in [2.45, 2.75) is 44.7 Å². The van der Waals surface area contributed by atoms with Gasteiger partial charge in [-0.25, -0.2) is 0 Å². The van der Waals surface area contributed by atoms with Gasteiger partial charge in [-0.2, -0.15) is 0 Å². The first-order chi connectivity index (χ1) is 16.7. The van der Waals surface area contributed by atoms with Crippen LogP contribution in [0.25, 0.3) is 16.5 Å². The Kier molecular flexibility index (Phi) is 5.91. The van der Waals surface area contributed by atoms with Gasteiger partial charge >= 0.3 is 0 Å². The lowest BCUT2D eigenvalue weighted by molar-refractivity contribution is -0.135. The molecule has 0 spiro atoms. The molecule has 0 N–H and O–H groups in total. The van der Waals surface area contributed by atoms with Gasteiger partial charge in [0, 0.05) is 74.1 Å². The molecule has 1 amide bonds. The number of fused-ring (bicyclic) bond motifs is 3. The Morgan fingerprint density at radius 3 is 2.88 bits per heavy atom. The maximum atomic E-state index is 13.0. The van der Waals surface area contributed by atoms with Crippen LogP contribution in [0, 0.1) is 0 Å². The summed E-state index contributed by atoms with van der Waals surface area (Å²) in [5.74, 6) is 1.21. The highest BCUT2D eigenvalue weighted by molar-refractivity contribution is 5.86. The number of pyridine rings is 1. The minimum atomic E-state index is 0.245. The number of hydrogen-bond acceptors (Lipinski definition) is 6. The monoisotopic (exact) mass is 457 g/mol. The summed E-state index contributed by atoms with van der Waals surface area (Å²) in [5, 5.41) is 1.12. The van der Waals surface area contributed by atoms with E-state index in [1.54, 1.807) is 6.20 Å². The lowest BCUT2D eigenvalue weighted by Crippen LogP contribution is -2.55. The Hall–Kier alpha value is -2.99. The van der Waals surface area contributed by atoms with Gasteiger partial charge in [-0.05, 0) is 37.5 Å². The van der Waals surface area contributed by atoms with E-state index in [1.807, 2.05) is 29.5 Å². The summed E-state index contributed by atoms with van der Waals surface area (Å²) >= 11 is 0. The van der Waals surface area contributed by atoms with Crippen LogP contribution in [0.15, 0.2) is 45.8 Å². The number of amides is 1. The molecule has 0 bridgehead atoms. The number of aliphatic imine (C=N–C) groups is 1. The fourth-order valence-corrected chi connectivity index (χ4v) is 5.39. The molecule has 176 valence electrons. The van der Waals surface area contributed by atoms with E-state index in [-0.39, 0.29) is 5.91 Å². The quantitative estimate of drug-likeness (QED) is 0.659. The second-order valence-electron chi connectivity index (χ2n) is 9.68. The number of piperazine rings is 1. The number of rotatable bonds is 4. The van der Waals surface area contributed by atoms with Gasteiger partial charge in [0.2, 0.25) is 5.91 Å². The van der Waals surface area contributed by atoms with Gasteiger partial charge in [0.1, 0.15) is 5.76 Å². The lowest BCUT2D eigenvalue weighted by Gasteiger charge is -2.43. The predicted octanol–water partition coefficient (Wildman–Crippen LogP) is 3.41. The number of hydrogen-bond donors (Lipinski definition) is 0. The minimum Gasteiger partial charge on any atom is -0.458 e. The number of carbonyl (C=O) groups is 1. The molecule has 5 heterocycles. The van der Waals surface area contributed by atoms with Gasteiger partial charge < -0.3 is 9.32 Å². The van der Waals surface area contributed by atoms with Crippen LogP contribution in [0.2, 0.25) is 0 Å². The molecular formula is C27H31N5O2. The van der Waals surface area contributed by atoms with Crippen molar-refractivity contribution in [3.05, 3.63) is 53.4 Å². The summed E-state index contributed by atoms with van der Waals surface area (Å²) in [4.78, 5) is 28.7. The minimum absolute atomic E-state index is 0.245. The summed E-state index contributed by atoms with van der Waals surface area (Å²) in [5.41, 5.74) is 7.17. The second kappa shape index (κ2) is 9.34. The van der Waals surface area contributed by atoms with Crippen LogP contribution >= 0.6 is 0 Å². The molecule has 0 radical (unpaired) electrons. The summed E-state index contributed by atoms with van der Waals surface area (Å²) in [6.45, 7) is 5.76. The number of carbonyl (C=O) groups excluding carboxylic acids is 1. The van der Waals surface area contributed by atoms with Crippen LogP contribution in [0.4, 0.5) is 0 Å². The van der Waals surface area contributed by atoms with Crippen LogP contribution in [0.3, 0.4) is 0 Å². The van der Waals surface area contributed by atoms with Gasteiger partial charge in [-0.1, -0.05) is 6.42 Å². The molecule has 0 unspecified atom stereocenters. The van der Waals surface area contributed by atoms with Crippen LogP contribution in [-0.4, -0.2) is 77.1 Å². The van der Waals surface area contributed by atoms with Crippen molar-refractivity contribution in [3.63, 3.8) is 0 Å². The van der Waals surface area contributed by atoms with Gasteiger partial charge in [-0.15, -0.1) is 5.73 Å². The molecule has 0 aromatic carbocycles. The highest BCUT2D eigenvalue weighted by Crippen LogP contribution is 2.32. The molecule has 1 saturated carbocycles. The lowest BCUT2D eigenvalue weighted by atomic mass is 9.91. The molecule has 3 aliphatic heterocycles. The smallest absolute Gasteiger partial charge is 0.236 e. The van der Waals surface area contributed by atoms with E-state index in [2.05, 4.69) is 31.6 Å². The van der Waals surface area contributed by atoms with Crippen LogP contribution in [-0.2, 0) is 17.8 Å². The largest absolute Gasteiger partial charge is 0.458 e. The van der Waals surface area contributed by atoms with Crippen molar-refractivity contribution in [1.82, 2.24) is 19.7 Å². The summed E-state index contributed by atoms with van der Waals surface area (Å²) in [6, 6.07) is 2.87. The van der Waals surface area contributed by atoms with Crippen molar-refractivity contribution in [1.29, 1.82) is 0 Å². The molecule has 0 atom stereocenters. The molecular weight excluding hydrogens is 426 g/mol. The van der Waals surface area contributed by atoms with Gasteiger partial charge in [0.05, 0.1) is 25.0 Å². The summed E-state index contributed by atoms with van der Waals surface area (Å²) in [7, 11) is 0. The topological polar surface area (TPSA) is 65.2 Å². The van der Waals surface area contributed by atoms with Crippen molar-refractivity contribution < 1.29 is 9.21 Å². The van der Waals surface area contributed by atoms with Crippen molar-refractivity contribution in [3.8, 4) is 0 Å². The van der Waals surface area contributed by atoms with Crippen LogP contribution in [0.5, 0.6) is 0 Å². The zero-order chi connectivity index (χ0) is 22.9. The third kappa shape index (κ3) is 4.27. The average molecular weight is 458 g/mol. The van der Waals surface area contributed by atoms with Gasteiger partial charge in [0.15, 0.2) is 5.58 Å². The highest BCUT2D eigenvalue weighted by Gasteiger charge is 2.31. The average Bonchev–Trinajstić information content (AvgIpc) is 3.15. The normalized spacial score (nSPS) is 23.6. The van der Waals surface area contributed by atoms with Gasteiger partial charge in [0.25, 0.3) is 0 Å². The first-order valence-electron chi connectivity index (χ1n) is 12.5. The third-order valence-corrected chi connectivity index (χ3v) is 7.61. The molecule has 4 aliphatic rings. The van der Waals surface area contributed by atoms with Crippen LogP contribution in [0.1, 0.15) is 42.7 Å². The SMILES string of the molecule is O=C(CN1CCc2c(oc3cnc(C4=C=CC/C=N\C=C/4)cc23)C1)N1CCN(C2CCC2)CC1.